The third kappa shape index (κ3) is 3.13. The molecule has 3 rings (SSSR count). The fraction of sp³-hybridized carbons (Fsp3) is 0.467. The highest BCUT2D eigenvalue weighted by Gasteiger charge is 2.46. The van der Waals surface area contributed by atoms with Gasteiger partial charge in [0.1, 0.15) is 0 Å². The standard InChI is InChI=1S/C15H17Cl2N3O2/c1-2-3-12-7-21-15(22-12,8-20-10-18-9-19-20)13-5-4-11(16)6-14(13)17/h4-6,9-10,12H,2-3,7-8H2,1H3/p+1. The molecule has 0 saturated carbocycles. The van der Waals surface area contributed by atoms with Gasteiger partial charge >= 0.3 is 6.33 Å². The van der Waals surface area contributed by atoms with E-state index in [1.165, 1.54) is 0 Å². The molecule has 2 heterocycles. The van der Waals surface area contributed by atoms with E-state index in [1.807, 2.05) is 6.07 Å². The Balaban J connectivity index is 1.96. The van der Waals surface area contributed by atoms with Crippen molar-refractivity contribution in [2.75, 3.05) is 6.61 Å². The minimum Gasteiger partial charge on any atom is -0.340 e. The zero-order chi connectivity index (χ0) is 15.6. The summed E-state index contributed by atoms with van der Waals surface area (Å²) in [7, 11) is 0. The van der Waals surface area contributed by atoms with Crippen molar-refractivity contribution < 1.29 is 14.2 Å². The minimum absolute atomic E-state index is 0.0558. The van der Waals surface area contributed by atoms with Crippen LogP contribution in [0.2, 0.25) is 10.0 Å². The molecule has 22 heavy (non-hydrogen) atoms. The van der Waals surface area contributed by atoms with Crippen molar-refractivity contribution in [1.82, 2.24) is 10.1 Å². The average Bonchev–Trinajstić information content (AvgIpc) is 3.10. The third-order valence-corrected chi connectivity index (χ3v) is 4.24. The first-order valence-corrected chi connectivity index (χ1v) is 8.03. The molecule has 1 N–H and O–H groups in total. The number of hydrogen-bond donors (Lipinski definition) is 1. The van der Waals surface area contributed by atoms with Gasteiger partial charge in [-0.15, -0.1) is 0 Å². The second-order valence-electron chi connectivity index (χ2n) is 5.37. The molecule has 0 aliphatic carbocycles. The Bertz CT molecular complexity index is 636. The summed E-state index contributed by atoms with van der Waals surface area (Å²) >= 11 is 12.4. The fourth-order valence-electron chi connectivity index (χ4n) is 2.70. The highest BCUT2D eigenvalue weighted by Crippen LogP contribution is 2.40. The van der Waals surface area contributed by atoms with E-state index in [4.69, 9.17) is 32.7 Å². The van der Waals surface area contributed by atoms with Crippen LogP contribution in [0.5, 0.6) is 0 Å². The van der Waals surface area contributed by atoms with Gasteiger partial charge in [0, 0.05) is 10.6 Å². The normalized spacial score (nSPS) is 24.8. The molecule has 1 saturated heterocycles. The lowest BCUT2D eigenvalue weighted by atomic mass is 10.1. The number of benzene rings is 1. The molecule has 1 fully saturated rings. The molecule has 2 unspecified atom stereocenters. The molecule has 118 valence electrons. The summed E-state index contributed by atoms with van der Waals surface area (Å²) in [5, 5.41) is 4.13. The Kier molecular flexibility index (Phi) is 4.68. The number of halogens is 2. The molecule has 0 amide bonds. The molecule has 1 aromatic carbocycles. The van der Waals surface area contributed by atoms with Crippen LogP contribution in [0.3, 0.4) is 0 Å². The van der Waals surface area contributed by atoms with Crippen molar-refractivity contribution in [2.45, 2.75) is 38.2 Å². The van der Waals surface area contributed by atoms with Crippen molar-refractivity contribution >= 4 is 23.2 Å². The van der Waals surface area contributed by atoms with E-state index in [9.17, 15) is 0 Å². The monoisotopic (exact) mass is 342 g/mol. The van der Waals surface area contributed by atoms with E-state index >= 15 is 0 Å². The first-order valence-electron chi connectivity index (χ1n) is 7.28. The van der Waals surface area contributed by atoms with Gasteiger partial charge in [0.05, 0.1) is 17.7 Å². The lowest BCUT2D eigenvalue weighted by Crippen LogP contribution is -2.48. The van der Waals surface area contributed by atoms with Crippen molar-refractivity contribution in [1.29, 1.82) is 0 Å². The zero-order valence-electron chi connectivity index (χ0n) is 12.3. The molecule has 0 spiro atoms. The second-order valence-corrected chi connectivity index (χ2v) is 6.21. The first-order chi connectivity index (χ1) is 10.6. The molecule has 1 aliphatic rings. The smallest absolute Gasteiger partial charge is 0.306 e. The van der Waals surface area contributed by atoms with Gasteiger partial charge in [-0.1, -0.05) is 42.6 Å². The Morgan fingerprint density at radius 1 is 1.45 bits per heavy atom. The maximum atomic E-state index is 6.38. The number of H-pyrrole nitrogens is 1. The first kappa shape index (κ1) is 15.7. The Labute approximate surface area is 139 Å². The molecular formula is C15H18Cl2N3O2+. The van der Waals surface area contributed by atoms with Crippen LogP contribution in [0.15, 0.2) is 30.9 Å². The van der Waals surface area contributed by atoms with Gasteiger partial charge in [-0.3, -0.25) is 0 Å². The lowest BCUT2D eigenvalue weighted by molar-refractivity contribution is -0.771. The highest BCUT2D eigenvalue weighted by molar-refractivity contribution is 6.35. The summed E-state index contributed by atoms with van der Waals surface area (Å²) < 4.78 is 14.1. The van der Waals surface area contributed by atoms with Gasteiger partial charge in [-0.05, 0) is 23.5 Å². The summed E-state index contributed by atoms with van der Waals surface area (Å²) in [5.41, 5.74) is 0.777. The van der Waals surface area contributed by atoms with Crippen molar-refractivity contribution in [3.8, 4) is 0 Å². The number of nitrogens with zero attached hydrogens (tertiary/aromatic N) is 2. The summed E-state index contributed by atoms with van der Waals surface area (Å²) in [4.78, 5) is 4.02. The van der Waals surface area contributed by atoms with E-state index in [1.54, 1.807) is 29.5 Å². The Morgan fingerprint density at radius 3 is 3.00 bits per heavy atom. The van der Waals surface area contributed by atoms with Crippen molar-refractivity contribution in [2.24, 2.45) is 0 Å². The molecule has 0 bridgehead atoms. The molecule has 2 aromatic rings. The molecule has 7 heteroatoms. The van der Waals surface area contributed by atoms with Gasteiger partial charge in [0.2, 0.25) is 12.1 Å². The largest absolute Gasteiger partial charge is 0.340 e. The van der Waals surface area contributed by atoms with Gasteiger partial charge in [0.25, 0.3) is 0 Å². The lowest BCUT2D eigenvalue weighted by Gasteiger charge is -2.27. The summed E-state index contributed by atoms with van der Waals surface area (Å²) in [6.07, 6.45) is 5.33. The Morgan fingerprint density at radius 2 is 2.32 bits per heavy atom. The second kappa shape index (κ2) is 6.54. The summed E-state index contributed by atoms with van der Waals surface area (Å²) in [6.45, 7) is 3.11. The zero-order valence-corrected chi connectivity index (χ0v) is 13.8. The van der Waals surface area contributed by atoms with Crippen molar-refractivity contribution in [3.05, 3.63) is 46.5 Å². The molecule has 1 aliphatic heterocycles. The number of aromatic amines is 1. The number of ether oxygens (including phenoxy) is 2. The predicted octanol–water partition coefficient (Wildman–Crippen LogP) is 3.07. The quantitative estimate of drug-likeness (QED) is 0.849. The number of hydrogen-bond acceptors (Lipinski definition) is 3. The number of rotatable bonds is 5. The topological polar surface area (TPSA) is 51.0 Å². The molecule has 0 radical (unpaired) electrons. The molecule has 1 aromatic heterocycles. The van der Waals surface area contributed by atoms with Gasteiger partial charge in [-0.25, -0.2) is 0 Å². The molecular weight excluding hydrogens is 325 g/mol. The van der Waals surface area contributed by atoms with Crippen molar-refractivity contribution in [3.63, 3.8) is 0 Å². The van der Waals surface area contributed by atoms with E-state index in [-0.39, 0.29) is 6.10 Å². The van der Waals surface area contributed by atoms with Crippen LogP contribution in [-0.4, -0.2) is 22.8 Å². The average molecular weight is 343 g/mol. The van der Waals surface area contributed by atoms with Crippen LogP contribution in [-0.2, 0) is 21.8 Å². The van der Waals surface area contributed by atoms with E-state index in [0.717, 1.165) is 18.4 Å². The number of nitrogens with one attached hydrogen (secondary N) is 1. The van der Waals surface area contributed by atoms with E-state index in [2.05, 4.69) is 17.0 Å². The SMILES string of the molecule is CCCC1COC(C[n+]2cnc[nH]2)(c2ccc(Cl)cc2Cl)O1. The van der Waals surface area contributed by atoms with Crippen LogP contribution < -0.4 is 4.68 Å². The van der Waals surface area contributed by atoms with Gasteiger partial charge in [-0.2, -0.15) is 9.78 Å². The van der Waals surface area contributed by atoms with Crippen LogP contribution in [0.25, 0.3) is 0 Å². The maximum absolute atomic E-state index is 6.38. The molecule has 2 atom stereocenters. The fourth-order valence-corrected chi connectivity index (χ4v) is 3.25. The predicted molar refractivity (Wildman–Crippen MR) is 82.7 cm³/mol. The maximum Gasteiger partial charge on any atom is 0.306 e. The van der Waals surface area contributed by atoms with Crippen LogP contribution in [0, 0.1) is 0 Å². The Hall–Kier alpha value is -1.14. The number of aromatic nitrogens is 3. The van der Waals surface area contributed by atoms with E-state index in [0.29, 0.717) is 23.2 Å². The van der Waals surface area contributed by atoms with Gasteiger partial charge in [0.15, 0.2) is 6.54 Å². The van der Waals surface area contributed by atoms with E-state index < -0.39 is 5.79 Å². The molecule has 5 nitrogen and oxygen atoms in total. The summed E-state index contributed by atoms with van der Waals surface area (Å²) in [5.74, 6) is -0.932. The van der Waals surface area contributed by atoms with Crippen LogP contribution >= 0.6 is 23.2 Å². The minimum atomic E-state index is -0.932. The summed E-state index contributed by atoms with van der Waals surface area (Å²) in [6, 6.07) is 5.36. The third-order valence-electron chi connectivity index (χ3n) is 3.69. The van der Waals surface area contributed by atoms with Crippen LogP contribution in [0.4, 0.5) is 0 Å². The van der Waals surface area contributed by atoms with Gasteiger partial charge < -0.3 is 9.47 Å². The highest BCUT2D eigenvalue weighted by atomic mass is 35.5. The van der Waals surface area contributed by atoms with Crippen LogP contribution in [0.1, 0.15) is 25.3 Å².